The fourth-order valence-corrected chi connectivity index (χ4v) is 0.964. The van der Waals surface area contributed by atoms with Gasteiger partial charge in [-0.2, -0.15) is 0 Å². The third-order valence-electron chi connectivity index (χ3n) is 1.48. The smallest absolute Gasteiger partial charge is 0.274 e. The lowest BCUT2D eigenvalue weighted by atomic mass is 10.3. The number of hydrogen-bond donors (Lipinski definition) is 1. The molecule has 0 aliphatic carbocycles. The van der Waals surface area contributed by atoms with Gasteiger partial charge in [0.25, 0.3) is 5.56 Å². The van der Waals surface area contributed by atoms with Crippen molar-refractivity contribution in [1.82, 2.24) is 9.97 Å². The Morgan fingerprint density at radius 2 is 2.36 bits per heavy atom. The van der Waals surface area contributed by atoms with Gasteiger partial charge in [-0.05, 0) is 12.1 Å². The van der Waals surface area contributed by atoms with Crippen LogP contribution in [-0.4, -0.2) is 9.97 Å². The molecule has 0 saturated carbocycles. The molecular formula is C8H5N2O. The molecule has 0 aliphatic rings. The van der Waals surface area contributed by atoms with E-state index in [9.17, 15) is 4.79 Å². The first kappa shape index (κ1) is 6.09. The molecule has 0 atom stereocenters. The first-order valence-corrected chi connectivity index (χ1v) is 3.22. The summed E-state index contributed by atoms with van der Waals surface area (Å²) in [6, 6.07) is 5.29. The van der Waals surface area contributed by atoms with Crippen LogP contribution in [0, 0.1) is 6.20 Å². The van der Waals surface area contributed by atoms with Crippen LogP contribution in [-0.2, 0) is 0 Å². The fourth-order valence-electron chi connectivity index (χ4n) is 0.964. The maximum absolute atomic E-state index is 11.0. The van der Waals surface area contributed by atoms with Crippen molar-refractivity contribution in [3.8, 4) is 0 Å². The second-order valence-corrected chi connectivity index (χ2v) is 2.18. The normalized spacial score (nSPS) is 10.2. The van der Waals surface area contributed by atoms with Gasteiger partial charge in [-0.25, -0.2) is 4.98 Å². The molecule has 1 N–H and O–H groups in total. The number of pyridine rings is 2. The van der Waals surface area contributed by atoms with Crippen molar-refractivity contribution in [3.05, 3.63) is 40.9 Å². The molecule has 0 aromatic carbocycles. The van der Waals surface area contributed by atoms with Crippen LogP contribution in [0.5, 0.6) is 0 Å². The lowest BCUT2D eigenvalue weighted by Gasteiger charge is -1.90. The molecule has 2 rings (SSSR count). The molecule has 0 unspecified atom stereocenters. The van der Waals surface area contributed by atoms with E-state index >= 15 is 0 Å². The minimum atomic E-state index is -0.167. The molecule has 1 radical (unpaired) electrons. The summed E-state index contributed by atoms with van der Waals surface area (Å²) in [6.07, 6.45) is 4.21. The number of nitrogens with zero attached hydrogens (tertiary/aromatic N) is 1. The highest BCUT2D eigenvalue weighted by atomic mass is 16.1. The van der Waals surface area contributed by atoms with Gasteiger partial charge in [-0.15, -0.1) is 0 Å². The summed E-state index contributed by atoms with van der Waals surface area (Å²) in [4.78, 5) is 17.4. The number of rotatable bonds is 0. The van der Waals surface area contributed by atoms with E-state index in [0.717, 1.165) is 5.39 Å². The Kier molecular flexibility index (Phi) is 1.22. The average molecular weight is 145 g/mol. The highest BCUT2D eigenvalue weighted by molar-refractivity contribution is 5.76. The Morgan fingerprint density at radius 1 is 1.45 bits per heavy atom. The van der Waals surface area contributed by atoms with Crippen molar-refractivity contribution >= 4 is 10.9 Å². The number of fused-ring (bicyclic) bond motifs is 1. The highest BCUT2D eigenvalue weighted by Crippen LogP contribution is 2.01. The van der Waals surface area contributed by atoms with E-state index in [1.165, 1.54) is 0 Å². The van der Waals surface area contributed by atoms with Crippen LogP contribution in [0.2, 0.25) is 0 Å². The maximum atomic E-state index is 11.0. The molecule has 3 nitrogen and oxygen atoms in total. The van der Waals surface area contributed by atoms with Gasteiger partial charge in [0.15, 0.2) is 0 Å². The van der Waals surface area contributed by atoms with E-state index in [2.05, 4.69) is 16.2 Å². The van der Waals surface area contributed by atoms with E-state index in [4.69, 9.17) is 0 Å². The fraction of sp³-hybridized carbons (Fsp3) is 0. The van der Waals surface area contributed by atoms with Gasteiger partial charge >= 0.3 is 0 Å². The molecule has 0 amide bonds. The van der Waals surface area contributed by atoms with E-state index in [1.807, 2.05) is 0 Å². The molecule has 2 aromatic heterocycles. The predicted octanol–water partition coefficient (Wildman–Crippen LogP) is 0.723. The van der Waals surface area contributed by atoms with Crippen LogP contribution in [0.25, 0.3) is 10.9 Å². The molecule has 0 spiro atoms. The van der Waals surface area contributed by atoms with Crippen molar-refractivity contribution in [1.29, 1.82) is 0 Å². The Balaban J connectivity index is 3.03. The summed E-state index contributed by atoms with van der Waals surface area (Å²) in [7, 11) is 0. The van der Waals surface area contributed by atoms with Crippen LogP contribution in [0.15, 0.2) is 29.2 Å². The number of aromatic amines is 1. The van der Waals surface area contributed by atoms with E-state index in [0.29, 0.717) is 5.52 Å². The standard InChI is InChI=1S/C8H5N2O/c11-8-7-6(3-5-10-8)2-1-4-9-7/h1-3,5H,(H,10,11). The van der Waals surface area contributed by atoms with Crippen molar-refractivity contribution in [2.45, 2.75) is 0 Å². The van der Waals surface area contributed by atoms with E-state index in [-0.39, 0.29) is 5.56 Å². The van der Waals surface area contributed by atoms with Crippen LogP contribution in [0.3, 0.4) is 0 Å². The van der Waals surface area contributed by atoms with Crippen molar-refractivity contribution in [3.63, 3.8) is 0 Å². The van der Waals surface area contributed by atoms with Crippen LogP contribution in [0.1, 0.15) is 0 Å². The molecule has 0 aliphatic heterocycles. The largest absolute Gasteiger partial charge is 0.327 e. The van der Waals surface area contributed by atoms with E-state index < -0.39 is 0 Å². The Hall–Kier alpha value is -1.64. The highest BCUT2D eigenvalue weighted by Gasteiger charge is 1.94. The van der Waals surface area contributed by atoms with Gasteiger partial charge in [-0.1, -0.05) is 6.07 Å². The third kappa shape index (κ3) is 0.902. The van der Waals surface area contributed by atoms with Gasteiger partial charge in [0.05, 0.1) is 6.20 Å². The zero-order chi connectivity index (χ0) is 7.68. The molecule has 2 aromatic rings. The zero-order valence-electron chi connectivity index (χ0n) is 5.66. The summed E-state index contributed by atoms with van der Waals surface area (Å²) in [6.45, 7) is 0. The summed E-state index contributed by atoms with van der Waals surface area (Å²) in [5.41, 5.74) is 0.273. The van der Waals surface area contributed by atoms with Gasteiger partial charge in [0, 0.05) is 11.6 Å². The predicted molar refractivity (Wildman–Crippen MR) is 41.2 cm³/mol. The summed E-state index contributed by atoms with van der Waals surface area (Å²) < 4.78 is 0. The Bertz CT molecular complexity index is 428. The minimum Gasteiger partial charge on any atom is -0.327 e. The molecule has 0 saturated heterocycles. The molecular weight excluding hydrogens is 140 g/mol. The SMILES string of the molecule is O=c1[nH]ccc2cc[c]nc12. The third-order valence-corrected chi connectivity index (χ3v) is 1.48. The maximum Gasteiger partial charge on any atom is 0.274 e. The number of nitrogens with one attached hydrogen (secondary N) is 1. The quantitative estimate of drug-likeness (QED) is 0.593. The second kappa shape index (κ2) is 2.20. The van der Waals surface area contributed by atoms with Gasteiger partial charge < -0.3 is 4.98 Å². The van der Waals surface area contributed by atoms with E-state index in [1.54, 1.807) is 24.4 Å². The number of aromatic nitrogens is 2. The van der Waals surface area contributed by atoms with Crippen LogP contribution in [0.4, 0.5) is 0 Å². The summed E-state index contributed by atoms with van der Waals surface area (Å²) in [5.74, 6) is 0. The van der Waals surface area contributed by atoms with Gasteiger partial charge in [0.2, 0.25) is 0 Å². The van der Waals surface area contributed by atoms with Gasteiger partial charge in [0.1, 0.15) is 5.52 Å². The first-order chi connectivity index (χ1) is 5.38. The zero-order valence-corrected chi connectivity index (χ0v) is 5.66. The summed E-state index contributed by atoms with van der Waals surface area (Å²) >= 11 is 0. The Labute approximate surface area is 62.7 Å². The molecule has 2 heterocycles. The van der Waals surface area contributed by atoms with Crippen molar-refractivity contribution < 1.29 is 0 Å². The van der Waals surface area contributed by atoms with Crippen molar-refractivity contribution in [2.24, 2.45) is 0 Å². The molecule has 3 heteroatoms. The number of H-pyrrole nitrogens is 1. The van der Waals surface area contributed by atoms with Crippen LogP contribution >= 0.6 is 0 Å². The summed E-state index contributed by atoms with van der Waals surface area (Å²) in [5, 5.41) is 0.840. The molecule has 0 fully saturated rings. The first-order valence-electron chi connectivity index (χ1n) is 3.22. The average Bonchev–Trinajstić information content (AvgIpc) is 2.06. The monoisotopic (exact) mass is 145 g/mol. The topological polar surface area (TPSA) is 45.8 Å². The van der Waals surface area contributed by atoms with Gasteiger partial charge in [-0.3, -0.25) is 4.79 Å². The lowest BCUT2D eigenvalue weighted by molar-refractivity contribution is 1.23. The number of hydrogen-bond acceptors (Lipinski definition) is 2. The van der Waals surface area contributed by atoms with Crippen molar-refractivity contribution in [2.75, 3.05) is 0 Å². The Morgan fingerprint density at radius 3 is 3.18 bits per heavy atom. The second-order valence-electron chi connectivity index (χ2n) is 2.18. The minimum absolute atomic E-state index is 0.167. The molecule has 53 valence electrons. The molecule has 0 bridgehead atoms. The molecule has 11 heavy (non-hydrogen) atoms. The lowest BCUT2D eigenvalue weighted by Crippen LogP contribution is -2.05. The van der Waals surface area contributed by atoms with Crippen LogP contribution < -0.4 is 5.56 Å².